The number of nitrogens with one attached hydrogen (secondary N) is 2. The van der Waals surface area contributed by atoms with Gasteiger partial charge in [0.15, 0.2) is 0 Å². The Morgan fingerprint density at radius 3 is 2.63 bits per heavy atom. The zero-order valence-electron chi connectivity index (χ0n) is 14.9. The van der Waals surface area contributed by atoms with Crippen molar-refractivity contribution in [3.05, 3.63) is 54.3 Å². The van der Waals surface area contributed by atoms with Gasteiger partial charge in [-0.2, -0.15) is 16.5 Å². The van der Waals surface area contributed by atoms with Crippen LogP contribution in [0.1, 0.15) is 6.42 Å². The Labute approximate surface area is 162 Å². The maximum absolute atomic E-state index is 13.9. The van der Waals surface area contributed by atoms with Crippen LogP contribution in [0.2, 0.25) is 0 Å². The van der Waals surface area contributed by atoms with Crippen LogP contribution in [-0.2, 0) is 14.8 Å². The van der Waals surface area contributed by atoms with Crippen molar-refractivity contribution in [3.8, 4) is 5.75 Å². The van der Waals surface area contributed by atoms with Crippen LogP contribution < -0.4 is 14.8 Å². The highest BCUT2D eigenvalue weighted by atomic mass is 32.2. The minimum Gasteiger partial charge on any atom is -0.497 e. The molecule has 0 spiro atoms. The second kappa shape index (κ2) is 9.72. The number of halogens is 1. The van der Waals surface area contributed by atoms with Gasteiger partial charge in [-0.3, -0.25) is 4.79 Å². The van der Waals surface area contributed by atoms with Gasteiger partial charge in [-0.05, 0) is 42.7 Å². The number of methoxy groups -OCH3 is 1. The average molecular weight is 413 g/mol. The van der Waals surface area contributed by atoms with Crippen LogP contribution in [0.3, 0.4) is 0 Å². The molecule has 27 heavy (non-hydrogen) atoms. The van der Waals surface area contributed by atoms with Gasteiger partial charge in [0.1, 0.15) is 22.5 Å². The smallest absolute Gasteiger partial charge is 0.244 e. The molecule has 1 atom stereocenters. The van der Waals surface area contributed by atoms with E-state index in [1.165, 1.54) is 31.0 Å². The number of hydrogen-bond acceptors (Lipinski definition) is 5. The minimum atomic E-state index is -4.19. The third-order valence-electron chi connectivity index (χ3n) is 3.69. The monoisotopic (exact) mass is 412 g/mol. The van der Waals surface area contributed by atoms with Crippen LogP contribution in [0.5, 0.6) is 5.75 Å². The van der Waals surface area contributed by atoms with Gasteiger partial charge < -0.3 is 10.1 Å². The van der Waals surface area contributed by atoms with Crippen molar-refractivity contribution in [1.29, 1.82) is 0 Å². The van der Waals surface area contributed by atoms with E-state index in [9.17, 15) is 17.6 Å². The molecule has 0 saturated carbocycles. The summed E-state index contributed by atoms with van der Waals surface area (Å²) in [6, 6.07) is 10.7. The molecule has 6 nitrogen and oxygen atoms in total. The maximum atomic E-state index is 13.9. The van der Waals surface area contributed by atoms with Gasteiger partial charge in [0.2, 0.25) is 15.9 Å². The fraction of sp³-hybridized carbons (Fsp3) is 0.278. The van der Waals surface area contributed by atoms with Crippen LogP contribution in [-0.4, -0.2) is 39.5 Å². The summed E-state index contributed by atoms with van der Waals surface area (Å²) in [6.07, 6.45) is 2.10. The summed E-state index contributed by atoms with van der Waals surface area (Å²) in [5.41, 5.74) is 0.471. The summed E-state index contributed by atoms with van der Waals surface area (Å²) in [5, 5.41) is 2.67. The quantitative estimate of drug-likeness (QED) is 0.662. The molecule has 2 rings (SSSR count). The van der Waals surface area contributed by atoms with Gasteiger partial charge in [0.05, 0.1) is 7.11 Å². The van der Waals surface area contributed by atoms with E-state index >= 15 is 0 Å². The predicted octanol–water partition coefficient (Wildman–Crippen LogP) is 2.87. The van der Waals surface area contributed by atoms with E-state index < -0.39 is 32.7 Å². The largest absolute Gasteiger partial charge is 0.497 e. The Morgan fingerprint density at radius 1 is 1.22 bits per heavy atom. The first kappa shape index (κ1) is 21.2. The molecule has 1 unspecified atom stereocenters. The molecule has 0 aliphatic heterocycles. The van der Waals surface area contributed by atoms with Gasteiger partial charge in [-0.25, -0.2) is 12.8 Å². The van der Waals surface area contributed by atoms with Crippen molar-refractivity contribution in [2.24, 2.45) is 0 Å². The highest BCUT2D eigenvalue weighted by molar-refractivity contribution is 7.98. The molecule has 0 aromatic heterocycles. The number of sulfonamides is 1. The van der Waals surface area contributed by atoms with E-state index in [1.807, 2.05) is 6.26 Å². The molecular formula is C18H21FN2O4S2. The lowest BCUT2D eigenvalue weighted by atomic mass is 10.2. The van der Waals surface area contributed by atoms with Gasteiger partial charge in [0.25, 0.3) is 0 Å². The molecule has 2 N–H and O–H groups in total. The highest BCUT2D eigenvalue weighted by Gasteiger charge is 2.27. The van der Waals surface area contributed by atoms with E-state index in [-0.39, 0.29) is 6.42 Å². The Morgan fingerprint density at radius 2 is 1.96 bits per heavy atom. The standard InChI is InChI=1S/C18H21FN2O4S2/c1-25-14-7-5-6-13(12-14)20-18(22)16(10-11-26-2)21-27(23,24)17-9-4-3-8-15(17)19/h3-9,12,16,21H,10-11H2,1-2H3,(H,20,22). The predicted molar refractivity (Wildman–Crippen MR) is 105 cm³/mol. The third kappa shape index (κ3) is 5.95. The molecule has 0 heterocycles. The number of amides is 1. The van der Waals surface area contributed by atoms with E-state index in [2.05, 4.69) is 10.0 Å². The molecule has 0 fully saturated rings. The van der Waals surface area contributed by atoms with Crippen LogP contribution in [0, 0.1) is 5.82 Å². The third-order valence-corrected chi connectivity index (χ3v) is 5.84. The highest BCUT2D eigenvalue weighted by Crippen LogP contribution is 2.18. The Hall–Kier alpha value is -2.10. The minimum absolute atomic E-state index is 0.255. The van der Waals surface area contributed by atoms with E-state index in [1.54, 1.807) is 24.3 Å². The molecule has 0 bridgehead atoms. The van der Waals surface area contributed by atoms with Crippen LogP contribution >= 0.6 is 11.8 Å². The van der Waals surface area contributed by atoms with Crippen molar-refractivity contribution in [2.45, 2.75) is 17.4 Å². The lowest BCUT2D eigenvalue weighted by molar-refractivity contribution is -0.117. The van der Waals surface area contributed by atoms with Crippen molar-refractivity contribution in [1.82, 2.24) is 4.72 Å². The lowest BCUT2D eigenvalue weighted by Crippen LogP contribution is -2.44. The molecule has 9 heteroatoms. The van der Waals surface area contributed by atoms with E-state index in [0.29, 0.717) is 17.2 Å². The summed E-state index contributed by atoms with van der Waals surface area (Å²) >= 11 is 1.48. The maximum Gasteiger partial charge on any atom is 0.244 e. The number of benzene rings is 2. The van der Waals surface area contributed by atoms with Crippen LogP contribution in [0.15, 0.2) is 53.4 Å². The van der Waals surface area contributed by atoms with Crippen molar-refractivity contribution in [2.75, 3.05) is 24.4 Å². The Balaban J connectivity index is 2.21. The zero-order chi connectivity index (χ0) is 19.9. The first-order valence-corrected chi connectivity index (χ1v) is 11.0. The summed E-state index contributed by atoms with van der Waals surface area (Å²) in [6.45, 7) is 0. The van der Waals surface area contributed by atoms with Crippen LogP contribution in [0.4, 0.5) is 10.1 Å². The van der Waals surface area contributed by atoms with E-state index in [4.69, 9.17) is 4.74 Å². The summed E-state index contributed by atoms with van der Waals surface area (Å²) in [7, 11) is -2.69. The lowest BCUT2D eigenvalue weighted by Gasteiger charge is -2.18. The zero-order valence-corrected chi connectivity index (χ0v) is 16.6. The molecule has 0 radical (unpaired) electrons. The number of ether oxygens (including phenoxy) is 1. The fourth-order valence-electron chi connectivity index (χ4n) is 2.32. The van der Waals surface area contributed by atoms with Crippen molar-refractivity contribution in [3.63, 3.8) is 0 Å². The fourth-order valence-corrected chi connectivity index (χ4v) is 4.10. The van der Waals surface area contributed by atoms with Crippen molar-refractivity contribution >= 4 is 33.4 Å². The average Bonchev–Trinajstić information content (AvgIpc) is 2.65. The SMILES string of the molecule is COc1cccc(NC(=O)C(CCSC)NS(=O)(=O)c2ccccc2F)c1. The molecular weight excluding hydrogens is 391 g/mol. The van der Waals surface area contributed by atoms with Gasteiger partial charge in [0, 0.05) is 11.8 Å². The number of carbonyl (C=O) groups is 1. The summed E-state index contributed by atoms with van der Waals surface area (Å²) < 4.78 is 46.3. The number of hydrogen-bond donors (Lipinski definition) is 2. The molecule has 0 saturated heterocycles. The normalized spacial score (nSPS) is 12.4. The molecule has 2 aromatic carbocycles. The second-order valence-electron chi connectivity index (χ2n) is 5.61. The summed E-state index contributed by atoms with van der Waals surface area (Å²) in [5.74, 6) is -0.296. The molecule has 0 aliphatic carbocycles. The molecule has 146 valence electrons. The first-order valence-electron chi connectivity index (χ1n) is 8.08. The molecule has 2 aromatic rings. The first-order chi connectivity index (χ1) is 12.9. The number of anilines is 1. The van der Waals surface area contributed by atoms with Gasteiger partial charge in [-0.1, -0.05) is 18.2 Å². The second-order valence-corrected chi connectivity index (χ2v) is 8.27. The Bertz CT molecular complexity index is 890. The van der Waals surface area contributed by atoms with Crippen molar-refractivity contribution < 1.29 is 22.3 Å². The molecule has 0 aliphatic rings. The van der Waals surface area contributed by atoms with Gasteiger partial charge in [-0.15, -0.1) is 0 Å². The van der Waals surface area contributed by atoms with Gasteiger partial charge >= 0.3 is 0 Å². The van der Waals surface area contributed by atoms with E-state index in [0.717, 1.165) is 12.1 Å². The molecule has 1 amide bonds. The topological polar surface area (TPSA) is 84.5 Å². The summed E-state index contributed by atoms with van der Waals surface area (Å²) in [4.78, 5) is 12.1. The number of carbonyl (C=O) groups excluding carboxylic acids is 1. The Kier molecular flexibility index (Phi) is 7.64. The number of rotatable bonds is 9. The van der Waals surface area contributed by atoms with Crippen LogP contribution in [0.25, 0.3) is 0 Å². The number of thioether (sulfide) groups is 1.